The van der Waals surface area contributed by atoms with Crippen molar-refractivity contribution in [1.82, 2.24) is 0 Å². The van der Waals surface area contributed by atoms with E-state index in [-0.39, 0.29) is 26.1 Å². The summed E-state index contributed by atoms with van der Waals surface area (Å²) in [5.41, 5.74) is 0. The van der Waals surface area contributed by atoms with Crippen LogP contribution in [0, 0.1) is 0 Å². The number of rotatable bonds is 46. The van der Waals surface area contributed by atoms with Gasteiger partial charge in [-0.25, -0.2) is 0 Å². The van der Waals surface area contributed by atoms with Gasteiger partial charge in [0.2, 0.25) is 0 Å². The third-order valence-corrected chi connectivity index (χ3v) is 13.8. The smallest absolute Gasteiger partial charge is 0.306 e. The molecule has 0 radical (unpaired) electrons. The molecule has 73 heavy (non-hydrogen) atoms. The van der Waals surface area contributed by atoms with Crippen molar-refractivity contribution in [3.8, 4) is 0 Å². The number of allylic oxidation sites excluding steroid dienone is 6. The number of aliphatic hydroxyl groups excluding tert-OH is 7. The van der Waals surface area contributed by atoms with Crippen molar-refractivity contribution in [3.05, 3.63) is 36.5 Å². The van der Waals surface area contributed by atoms with E-state index in [1.807, 2.05) is 0 Å². The third kappa shape index (κ3) is 32.2. The Balaban J connectivity index is 1.76. The van der Waals surface area contributed by atoms with Gasteiger partial charge in [0.15, 0.2) is 18.7 Å². The van der Waals surface area contributed by atoms with Gasteiger partial charge < -0.3 is 64.2 Å². The largest absolute Gasteiger partial charge is 0.462 e. The third-order valence-electron chi connectivity index (χ3n) is 13.8. The lowest BCUT2D eigenvalue weighted by molar-refractivity contribution is -0.332. The van der Waals surface area contributed by atoms with Crippen LogP contribution in [-0.2, 0) is 38.0 Å². The van der Waals surface area contributed by atoms with E-state index < -0.39 is 92.7 Å². The molecule has 0 amide bonds. The Morgan fingerprint density at radius 3 is 1.29 bits per heavy atom. The van der Waals surface area contributed by atoms with Gasteiger partial charge in [-0.2, -0.15) is 0 Å². The van der Waals surface area contributed by atoms with Crippen LogP contribution in [0.2, 0.25) is 0 Å². The van der Waals surface area contributed by atoms with Crippen molar-refractivity contribution in [3.63, 3.8) is 0 Å². The summed E-state index contributed by atoms with van der Waals surface area (Å²) in [6, 6.07) is 0. The zero-order chi connectivity index (χ0) is 53.2. The number of hydrogen-bond acceptors (Lipinski definition) is 15. The Hall–Kier alpha value is -2.28. The first-order valence-corrected chi connectivity index (χ1v) is 29.1. The molecule has 0 aromatic rings. The highest BCUT2D eigenvalue weighted by Crippen LogP contribution is 2.27. The summed E-state index contributed by atoms with van der Waals surface area (Å²) in [6.07, 6.45) is 33.0. The van der Waals surface area contributed by atoms with Crippen LogP contribution in [0.5, 0.6) is 0 Å². The molecule has 11 atom stereocenters. The zero-order valence-electron chi connectivity index (χ0n) is 45.4. The van der Waals surface area contributed by atoms with Gasteiger partial charge in [-0.1, -0.05) is 179 Å². The topological polar surface area (TPSA) is 231 Å². The molecular formula is C58H104O15. The summed E-state index contributed by atoms with van der Waals surface area (Å²) in [7, 11) is 0. The van der Waals surface area contributed by atoms with Crippen LogP contribution in [0.1, 0.15) is 226 Å². The van der Waals surface area contributed by atoms with Crippen LogP contribution < -0.4 is 0 Å². The second kappa shape index (κ2) is 44.8. The molecule has 2 rings (SSSR count). The standard InChI is InChI=1S/C58H104O15/c1-3-5-7-9-11-13-15-17-19-21-22-23-24-25-27-29-31-33-35-37-39-41-50(61)71-46(43-68-49(60)40-38-36-34-32-30-28-26-20-18-16-14-12-10-8-6-4-2)44-69-57-56(67)54(65)52(63)48(73-57)45-70-58-55(66)53(64)51(62)47(42-59)72-58/h15,17,20-22,26,46-48,51-59,62-67H,3-14,16,18-19,23-25,27-45H2,1-2H3/b17-15-,22-21-,26-20-. The van der Waals surface area contributed by atoms with Crippen molar-refractivity contribution in [2.24, 2.45) is 0 Å². The van der Waals surface area contributed by atoms with Crippen molar-refractivity contribution in [2.75, 3.05) is 26.4 Å². The van der Waals surface area contributed by atoms with Crippen molar-refractivity contribution in [1.29, 1.82) is 0 Å². The average molecular weight is 1040 g/mol. The van der Waals surface area contributed by atoms with Gasteiger partial charge in [0.05, 0.1) is 19.8 Å². The minimum atomic E-state index is -1.77. The van der Waals surface area contributed by atoms with Crippen LogP contribution in [0.15, 0.2) is 36.5 Å². The van der Waals surface area contributed by atoms with Gasteiger partial charge in [-0.15, -0.1) is 0 Å². The van der Waals surface area contributed by atoms with Gasteiger partial charge >= 0.3 is 11.9 Å². The Bertz CT molecular complexity index is 1410. The molecule has 15 nitrogen and oxygen atoms in total. The molecule has 0 saturated carbocycles. The van der Waals surface area contributed by atoms with Gasteiger partial charge in [-0.3, -0.25) is 9.59 Å². The summed E-state index contributed by atoms with van der Waals surface area (Å²) in [5, 5.41) is 72.3. The highest BCUT2D eigenvalue weighted by atomic mass is 16.7. The number of ether oxygens (including phenoxy) is 6. The first-order valence-electron chi connectivity index (χ1n) is 29.1. The van der Waals surface area contributed by atoms with Crippen LogP contribution in [0.4, 0.5) is 0 Å². The van der Waals surface area contributed by atoms with Crippen molar-refractivity contribution < 1.29 is 73.8 Å². The number of carbonyl (C=O) groups excluding carboxylic acids is 2. The second-order valence-corrected chi connectivity index (χ2v) is 20.5. The van der Waals surface area contributed by atoms with Gasteiger partial charge in [-0.05, 0) is 70.6 Å². The minimum Gasteiger partial charge on any atom is -0.462 e. The average Bonchev–Trinajstić information content (AvgIpc) is 3.38. The molecule has 2 aliphatic rings. The fourth-order valence-electron chi connectivity index (χ4n) is 9.07. The first-order chi connectivity index (χ1) is 35.5. The van der Waals surface area contributed by atoms with Crippen LogP contribution in [0.3, 0.4) is 0 Å². The highest BCUT2D eigenvalue weighted by molar-refractivity contribution is 5.70. The number of hydrogen-bond donors (Lipinski definition) is 7. The fourth-order valence-corrected chi connectivity index (χ4v) is 9.07. The minimum absolute atomic E-state index is 0.159. The van der Waals surface area contributed by atoms with Crippen molar-refractivity contribution >= 4 is 11.9 Å². The number of aliphatic hydroxyl groups is 7. The van der Waals surface area contributed by atoms with Crippen LogP contribution >= 0.6 is 0 Å². The van der Waals surface area contributed by atoms with E-state index in [1.165, 1.54) is 109 Å². The number of unbranched alkanes of at least 4 members (excludes halogenated alkanes) is 26. The summed E-state index contributed by atoms with van der Waals surface area (Å²) in [4.78, 5) is 25.9. The Labute approximate surface area is 440 Å². The predicted octanol–water partition coefficient (Wildman–Crippen LogP) is 9.66. The lowest BCUT2D eigenvalue weighted by Crippen LogP contribution is -2.61. The summed E-state index contributed by atoms with van der Waals surface area (Å²) < 4.78 is 33.7. The molecule has 2 heterocycles. The molecule has 15 heteroatoms. The van der Waals surface area contributed by atoms with E-state index in [4.69, 9.17) is 28.4 Å². The maximum absolute atomic E-state index is 13.1. The van der Waals surface area contributed by atoms with Crippen LogP contribution in [-0.4, -0.2) is 142 Å². The summed E-state index contributed by atoms with van der Waals surface area (Å²) in [6.45, 7) is 2.59. The Morgan fingerprint density at radius 2 is 0.822 bits per heavy atom. The first kappa shape index (κ1) is 66.8. The molecular weight excluding hydrogens is 937 g/mol. The molecule has 0 aromatic heterocycles. The van der Waals surface area contributed by atoms with Gasteiger partial charge in [0.1, 0.15) is 55.4 Å². The lowest BCUT2D eigenvalue weighted by Gasteiger charge is -2.42. The quantitative estimate of drug-likeness (QED) is 0.0171. The molecule has 2 fully saturated rings. The molecule has 426 valence electrons. The number of esters is 2. The van der Waals surface area contributed by atoms with Crippen molar-refractivity contribution in [2.45, 2.75) is 293 Å². The predicted molar refractivity (Wildman–Crippen MR) is 284 cm³/mol. The van der Waals surface area contributed by atoms with Crippen LogP contribution in [0.25, 0.3) is 0 Å². The lowest BCUT2D eigenvalue weighted by atomic mass is 9.98. The Morgan fingerprint density at radius 1 is 0.438 bits per heavy atom. The second-order valence-electron chi connectivity index (χ2n) is 20.5. The molecule has 2 aliphatic heterocycles. The molecule has 0 aliphatic carbocycles. The SMILES string of the molecule is CCCCCCC/C=C\C/C=C\CCCCCCCCCCCC(=O)OC(COC(=O)CCCCCCC/C=C\CCCCCCCCC)COC1OC(COC2OC(CO)C(O)C(O)C2O)C(O)C(O)C1O. The van der Waals surface area contributed by atoms with E-state index in [9.17, 15) is 45.3 Å². The maximum Gasteiger partial charge on any atom is 0.306 e. The molecule has 0 bridgehead atoms. The molecule has 0 spiro atoms. The van der Waals surface area contributed by atoms with E-state index in [2.05, 4.69) is 50.3 Å². The monoisotopic (exact) mass is 1040 g/mol. The fraction of sp³-hybridized carbons (Fsp3) is 0.862. The van der Waals surface area contributed by atoms with E-state index in [0.29, 0.717) is 12.8 Å². The summed E-state index contributed by atoms with van der Waals surface area (Å²) in [5.74, 6) is -0.933. The van der Waals surface area contributed by atoms with Gasteiger partial charge in [0, 0.05) is 12.8 Å². The van der Waals surface area contributed by atoms with E-state index in [1.54, 1.807) is 0 Å². The molecule has 7 N–H and O–H groups in total. The summed E-state index contributed by atoms with van der Waals surface area (Å²) >= 11 is 0. The van der Waals surface area contributed by atoms with E-state index >= 15 is 0 Å². The maximum atomic E-state index is 13.1. The molecule has 11 unspecified atom stereocenters. The molecule has 2 saturated heterocycles. The molecule has 0 aromatic carbocycles. The van der Waals surface area contributed by atoms with Gasteiger partial charge in [0.25, 0.3) is 0 Å². The zero-order valence-corrected chi connectivity index (χ0v) is 45.4. The van der Waals surface area contributed by atoms with E-state index in [0.717, 1.165) is 77.0 Å². The normalized spacial score (nSPS) is 25.1. The number of carbonyl (C=O) groups is 2. The Kier molecular flexibility index (Phi) is 41.0. The highest BCUT2D eigenvalue weighted by Gasteiger charge is 2.47.